The summed E-state index contributed by atoms with van der Waals surface area (Å²) in [4.78, 5) is 8.31. The van der Waals surface area contributed by atoms with Gasteiger partial charge in [0.1, 0.15) is 5.82 Å². The Kier molecular flexibility index (Phi) is 9.61. The molecule has 2 aromatic rings. The Balaban J connectivity index is 0.00000264. The van der Waals surface area contributed by atoms with Gasteiger partial charge < -0.3 is 16.0 Å². The third-order valence-corrected chi connectivity index (χ3v) is 4.01. The molecule has 23 heavy (non-hydrogen) atoms. The summed E-state index contributed by atoms with van der Waals surface area (Å²) in [5.41, 5.74) is 1.24. The SMILES string of the molecule is CN=C(NCCNc1ncc(Cl)cc1Cl)NCc1ccsc1.I. The highest BCUT2D eigenvalue weighted by Gasteiger charge is 2.02. The Morgan fingerprint density at radius 1 is 1.30 bits per heavy atom. The van der Waals surface area contributed by atoms with Gasteiger partial charge in [0.25, 0.3) is 0 Å². The van der Waals surface area contributed by atoms with E-state index < -0.39 is 0 Å². The van der Waals surface area contributed by atoms with Gasteiger partial charge in [-0.15, -0.1) is 24.0 Å². The van der Waals surface area contributed by atoms with Gasteiger partial charge in [0.05, 0.1) is 10.0 Å². The van der Waals surface area contributed by atoms with Crippen LogP contribution in [0.25, 0.3) is 0 Å². The number of nitrogens with one attached hydrogen (secondary N) is 3. The van der Waals surface area contributed by atoms with Crippen molar-refractivity contribution in [2.75, 3.05) is 25.5 Å². The summed E-state index contributed by atoms with van der Waals surface area (Å²) >= 11 is 13.5. The smallest absolute Gasteiger partial charge is 0.191 e. The van der Waals surface area contributed by atoms with Gasteiger partial charge in [0.2, 0.25) is 0 Å². The Bertz CT molecular complexity index is 622. The van der Waals surface area contributed by atoms with Crippen LogP contribution in [0, 0.1) is 0 Å². The van der Waals surface area contributed by atoms with Crippen molar-refractivity contribution in [3.05, 3.63) is 44.7 Å². The summed E-state index contributed by atoms with van der Waals surface area (Å²) in [5.74, 6) is 1.37. The molecular formula is C14H18Cl2IN5S. The molecule has 126 valence electrons. The van der Waals surface area contributed by atoms with E-state index in [4.69, 9.17) is 23.2 Å². The average molecular weight is 486 g/mol. The van der Waals surface area contributed by atoms with Crippen LogP contribution in [0.3, 0.4) is 0 Å². The molecule has 9 heteroatoms. The molecule has 0 spiro atoms. The fourth-order valence-corrected chi connectivity index (χ4v) is 2.82. The number of thiophene rings is 1. The minimum Gasteiger partial charge on any atom is -0.367 e. The van der Waals surface area contributed by atoms with Crippen LogP contribution in [-0.4, -0.2) is 31.1 Å². The molecular weight excluding hydrogens is 468 g/mol. The number of pyridine rings is 1. The number of nitrogens with zero attached hydrogens (tertiary/aromatic N) is 2. The second-order valence-electron chi connectivity index (χ2n) is 4.39. The highest BCUT2D eigenvalue weighted by Crippen LogP contribution is 2.21. The fourth-order valence-electron chi connectivity index (χ4n) is 1.71. The van der Waals surface area contributed by atoms with Gasteiger partial charge in [-0.3, -0.25) is 4.99 Å². The van der Waals surface area contributed by atoms with E-state index in [0.717, 1.165) is 12.5 Å². The maximum Gasteiger partial charge on any atom is 0.191 e. The number of aliphatic imine (C=N–C) groups is 1. The Morgan fingerprint density at radius 2 is 2.13 bits per heavy atom. The Hall–Kier alpha value is -0.770. The predicted molar refractivity (Wildman–Crippen MR) is 111 cm³/mol. The van der Waals surface area contributed by atoms with E-state index in [-0.39, 0.29) is 24.0 Å². The summed E-state index contributed by atoms with van der Waals surface area (Å²) in [5, 5.41) is 14.8. The zero-order chi connectivity index (χ0) is 15.8. The van der Waals surface area contributed by atoms with Crippen molar-refractivity contribution in [2.45, 2.75) is 6.54 Å². The summed E-state index contributed by atoms with van der Waals surface area (Å²) in [7, 11) is 1.74. The van der Waals surface area contributed by atoms with Crippen LogP contribution >= 0.6 is 58.5 Å². The number of aromatic nitrogens is 1. The number of rotatable bonds is 6. The summed E-state index contributed by atoms with van der Waals surface area (Å²) in [6, 6.07) is 3.74. The highest BCUT2D eigenvalue weighted by molar-refractivity contribution is 14.0. The van der Waals surface area contributed by atoms with E-state index in [2.05, 4.69) is 42.8 Å². The molecule has 2 heterocycles. The molecule has 0 amide bonds. The summed E-state index contributed by atoms with van der Waals surface area (Å²) in [6.07, 6.45) is 1.56. The van der Waals surface area contributed by atoms with Gasteiger partial charge in [-0.25, -0.2) is 4.98 Å². The number of hydrogen-bond donors (Lipinski definition) is 3. The molecule has 0 saturated carbocycles. The number of anilines is 1. The third kappa shape index (κ3) is 7.11. The zero-order valence-electron chi connectivity index (χ0n) is 12.5. The quantitative estimate of drug-likeness (QED) is 0.252. The zero-order valence-corrected chi connectivity index (χ0v) is 17.1. The van der Waals surface area contributed by atoms with Crippen LogP contribution in [0.4, 0.5) is 5.82 Å². The van der Waals surface area contributed by atoms with Gasteiger partial charge in [-0.1, -0.05) is 23.2 Å². The Labute approximate surface area is 166 Å². The first-order valence-electron chi connectivity index (χ1n) is 6.69. The normalized spacial score (nSPS) is 10.8. The van der Waals surface area contributed by atoms with Gasteiger partial charge in [0.15, 0.2) is 5.96 Å². The summed E-state index contributed by atoms with van der Waals surface area (Å²) in [6.45, 7) is 2.10. The van der Waals surface area contributed by atoms with Crippen LogP contribution in [0.2, 0.25) is 10.0 Å². The first-order valence-corrected chi connectivity index (χ1v) is 8.39. The second-order valence-corrected chi connectivity index (χ2v) is 6.02. The van der Waals surface area contributed by atoms with Crippen LogP contribution in [0.15, 0.2) is 34.1 Å². The molecule has 2 aromatic heterocycles. The number of hydrogen-bond acceptors (Lipinski definition) is 4. The molecule has 0 aliphatic carbocycles. The van der Waals surface area contributed by atoms with Gasteiger partial charge in [-0.2, -0.15) is 11.3 Å². The minimum absolute atomic E-state index is 0. The largest absolute Gasteiger partial charge is 0.367 e. The van der Waals surface area contributed by atoms with Crippen LogP contribution in [-0.2, 0) is 6.54 Å². The lowest BCUT2D eigenvalue weighted by Crippen LogP contribution is -2.39. The van der Waals surface area contributed by atoms with Crippen molar-refractivity contribution >= 4 is 70.3 Å². The van der Waals surface area contributed by atoms with Crippen molar-refractivity contribution in [1.29, 1.82) is 0 Å². The van der Waals surface area contributed by atoms with Gasteiger partial charge >= 0.3 is 0 Å². The van der Waals surface area contributed by atoms with E-state index in [0.29, 0.717) is 29.0 Å². The topological polar surface area (TPSA) is 61.3 Å². The number of halogens is 3. The molecule has 0 bridgehead atoms. The van der Waals surface area contributed by atoms with Gasteiger partial charge in [-0.05, 0) is 28.5 Å². The van der Waals surface area contributed by atoms with Crippen molar-refractivity contribution < 1.29 is 0 Å². The van der Waals surface area contributed by atoms with E-state index >= 15 is 0 Å². The molecule has 0 aliphatic heterocycles. The van der Waals surface area contributed by atoms with Crippen LogP contribution in [0.5, 0.6) is 0 Å². The van der Waals surface area contributed by atoms with Crippen molar-refractivity contribution in [3.8, 4) is 0 Å². The van der Waals surface area contributed by atoms with Crippen molar-refractivity contribution in [1.82, 2.24) is 15.6 Å². The molecule has 0 aliphatic rings. The van der Waals surface area contributed by atoms with E-state index in [9.17, 15) is 0 Å². The number of guanidine groups is 1. The molecule has 5 nitrogen and oxygen atoms in total. The molecule has 0 unspecified atom stereocenters. The molecule has 0 saturated heterocycles. The molecule has 0 atom stereocenters. The lowest BCUT2D eigenvalue weighted by Gasteiger charge is -2.12. The molecule has 0 radical (unpaired) electrons. The first-order chi connectivity index (χ1) is 10.7. The van der Waals surface area contributed by atoms with Gasteiger partial charge in [0, 0.05) is 32.9 Å². The molecule has 3 N–H and O–H groups in total. The van der Waals surface area contributed by atoms with E-state index in [1.165, 1.54) is 5.56 Å². The van der Waals surface area contributed by atoms with Crippen LogP contribution in [0.1, 0.15) is 5.56 Å². The van der Waals surface area contributed by atoms with E-state index in [1.807, 2.05) is 0 Å². The maximum atomic E-state index is 6.04. The molecule has 2 rings (SSSR count). The van der Waals surface area contributed by atoms with Crippen molar-refractivity contribution in [2.24, 2.45) is 4.99 Å². The molecule has 0 aromatic carbocycles. The van der Waals surface area contributed by atoms with Crippen LogP contribution < -0.4 is 16.0 Å². The molecule has 0 fully saturated rings. The average Bonchev–Trinajstić information content (AvgIpc) is 3.01. The predicted octanol–water partition coefficient (Wildman–Crippen LogP) is 3.85. The monoisotopic (exact) mass is 485 g/mol. The maximum absolute atomic E-state index is 6.04. The standard InChI is InChI=1S/C14H17Cl2N5S.HI/c1-17-14(21-7-10-2-5-22-9-10)19-4-3-18-13-12(16)6-11(15)8-20-13;/h2,5-6,8-9H,3-4,7H2,1H3,(H,18,20)(H2,17,19,21);1H. The van der Waals surface area contributed by atoms with E-state index in [1.54, 1.807) is 30.6 Å². The second kappa shape index (κ2) is 10.9. The Morgan fingerprint density at radius 3 is 2.78 bits per heavy atom. The third-order valence-electron chi connectivity index (χ3n) is 2.78. The first kappa shape index (κ1) is 20.3. The van der Waals surface area contributed by atoms with Crippen molar-refractivity contribution in [3.63, 3.8) is 0 Å². The highest BCUT2D eigenvalue weighted by atomic mass is 127. The minimum atomic E-state index is 0. The summed E-state index contributed by atoms with van der Waals surface area (Å²) < 4.78 is 0. The lowest BCUT2D eigenvalue weighted by molar-refractivity contribution is 0.813. The lowest BCUT2D eigenvalue weighted by atomic mass is 10.3. The fraction of sp³-hybridized carbons (Fsp3) is 0.286.